The Morgan fingerprint density at radius 3 is 2.59 bits per heavy atom. The van der Waals surface area contributed by atoms with Crippen molar-refractivity contribution in [1.29, 1.82) is 0 Å². The number of nitrogens with zero attached hydrogens (tertiary/aromatic N) is 5. The summed E-state index contributed by atoms with van der Waals surface area (Å²) in [5.74, 6) is 0.757. The molecule has 0 saturated carbocycles. The van der Waals surface area contributed by atoms with Gasteiger partial charge in [-0.25, -0.2) is 0 Å². The molecule has 4 rings (SSSR count). The van der Waals surface area contributed by atoms with Crippen LogP contribution in [0.1, 0.15) is 16.7 Å². The van der Waals surface area contributed by atoms with Gasteiger partial charge in [0.1, 0.15) is 12.4 Å². The van der Waals surface area contributed by atoms with Crippen LogP contribution in [0, 0.1) is 0 Å². The molecule has 0 unspecified atom stereocenters. The summed E-state index contributed by atoms with van der Waals surface area (Å²) >= 11 is 6.19. The molecule has 0 aliphatic heterocycles. The van der Waals surface area contributed by atoms with E-state index in [9.17, 15) is 4.79 Å². The quantitative estimate of drug-likeness (QED) is 0.470. The first-order chi connectivity index (χ1) is 14.2. The average molecular weight is 408 g/mol. The number of pyridine rings is 1. The van der Waals surface area contributed by atoms with Crippen molar-refractivity contribution in [3.63, 3.8) is 0 Å². The average Bonchev–Trinajstić information content (AvgIpc) is 3.28. The number of halogens is 1. The first kappa shape index (κ1) is 18.9. The number of benzene rings is 2. The van der Waals surface area contributed by atoms with Crippen LogP contribution in [0.5, 0.6) is 5.75 Å². The van der Waals surface area contributed by atoms with Gasteiger partial charge in [-0.1, -0.05) is 52.9 Å². The molecule has 0 amide bonds. The zero-order valence-corrected chi connectivity index (χ0v) is 16.2. The highest BCUT2D eigenvalue weighted by Crippen LogP contribution is 2.25. The predicted octanol–water partition coefficient (Wildman–Crippen LogP) is 3.16. The molecule has 146 valence electrons. The number of rotatable bonds is 7. The molecule has 0 aliphatic carbocycles. The van der Waals surface area contributed by atoms with E-state index in [1.54, 1.807) is 24.4 Å². The van der Waals surface area contributed by atoms with Crippen LogP contribution in [-0.2, 0) is 19.4 Å². The first-order valence-corrected chi connectivity index (χ1v) is 9.48. The third-order valence-electron chi connectivity index (χ3n) is 4.46. The molecule has 0 bridgehead atoms. The minimum absolute atomic E-state index is 0.195. The van der Waals surface area contributed by atoms with E-state index >= 15 is 0 Å². The van der Waals surface area contributed by atoms with Crippen molar-refractivity contribution < 1.29 is 4.74 Å². The smallest absolute Gasteiger partial charge is 0.275 e. The zero-order valence-electron chi connectivity index (χ0n) is 15.5. The van der Waals surface area contributed by atoms with Gasteiger partial charge >= 0.3 is 0 Å². The van der Waals surface area contributed by atoms with Crippen LogP contribution >= 0.6 is 11.6 Å². The maximum atomic E-state index is 12.7. The molecule has 2 aromatic carbocycles. The summed E-state index contributed by atoms with van der Waals surface area (Å²) in [6.45, 7) is 0.464. The molecule has 0 spiro atoms. The van der Waals surface area contributed by atoms with Gasteiger partial charge in [0.05, 0.1) is 0 Å². The van der Waals surface area contributed by atoms with Crippen LogP contribution in [0.2, 0.25) is 5.02 Å². The van der Waals surface area contributed by atoms with Crippen molar-refractivity contribution in [3.8, 4) is 5.75 Å². The summed E-state index contributed by atoms with van der Waals surface area (Å²) < 4.78 is 7.32. The lowest BCUT2D eigenvalue weighted by atomic mass is 10.0. The Balaban J connectivity index is 1.52. The summed E-state index contributed by atoms with van der Waals surface area (Å²) in [7, 11) is 0. The fourth-order valence-electron chi connectivity index (χ4n) is 3.01. The second kappa shape index (κ2) is 8.70. The second-order valence-corrected chi connectivity index (χ2v) is 6.85. The highest BCUT2D eigenvalue weighted by Gasteiger charge is 2.10. The summed E-state index contributed by atoms with van der Waals surface area (Å²) in [6.07, 6.45) is 4.01. The molecule has 0 N–H and O–H groups in total. The molecule has 0 aliphatic rings. The Morgan fingerprint density at radius 2 is 1.79 bits per heavy atom. The Bertz CT molecular complexity index is 1140. The summed E-state index contributed by atoms with van der Waals surface area (Å²) in [6, 6.07) is 19.1. The van der Waals surface area contributed by atoms with E-state index in [0.29, 0.717) is 30.0 Å². The fourth-order valence-corrected chi connectivity index (χ4v) is 3.20. The van der Waals surface area contributed by atoms with E-state index in [4.69, 9.17) is 16.3 Å². The monoisotopic (exact) mass is 407 g/mol. The van der Waals surface area contributed by atoms with Gasteiger partial charge in [-0.2, -0.15) is 4.68 Å². The van der Waals surface area contributed by atoms with Crippen molar-refractivity contribution in [1.82, 2.24) is 25.0 Å². The summed E-state index contributed by atoms with van der Waals surface area (Å²) in [5.41, 5.74) is 2.47. The van der Waals surface area contributed by atoms with Crippen molar-refractivity contribution in [2.75, 3.05) is 0 Å². The zero-order chi connectivity index (χ0) is 20.1. The maximum Gasteiger partial charge on any atom is 0.275 e. The third kappa shape index (κ3) is 4.52. The first-order valence-electron chi connectivity index (χ1n) is 9.10. The van der Waals surface area contributed by atoms with Gasteiger partial charge in [-0.3, -0.25) is 4.79 Å². The molecule has 4 aromatic rings. The van der Waals surface area contributed by atoms with Crippen molar-refractivity contribution >= 4 is 11.6 Å². The van der Waals surface area contributed by atoms with Crippen LogP contribution in [0.15, 0.2) is 78.0 Å². The lowest BCUT2D eigenvalue weighted by molar-refractivity contribution is 0.303. The molecule has 0 fully saturated rings. The van der Waals surface area contributed by atoms with Crippen molar-refractivity contribution in [2.24, 2.45) is 0 Å². The highest BCUT2D eigenvalue weighted by molar-refractivity contribution is 6.30. The highest BCUT2D eigenvalue weighted by atomic mass is 35.5. The molecule has 29 heavy (non-hydrogen) atoms. The summed E-state index contributed by atoms with van der Waals surface area (Å²) in [5, 5.41) is 11.9. The Hall–Kier alpha value is -3.45. The fraction of sp³-hybridized carbons (Fsp3) is 0.143. The Morgan fingerprint density at radius 1 is 0.966 bits per heavy atom. The van der Waals surface area contributed by atoms with Gasteiger partial charge in [0.15, 0.2) is 6.33 Å². The van der Waals surface area contributed by atoms with Crippen LogP contribution in [0.25, 0.3) is 0 Å². The van der Waals surface area contributed by atoms with Crippen LogP contribution < -0.4 is 10.3 Å². The van der Waals surface area contributed by atoms with Gasteiger partial charge in [0, 0.05) is 16.8 Å². The van der Waals surface area contributed by atoms with Gasteiger partial charge in [0.25, 0.3) is 5.56 Å². The van der Waals surface area contributed by atoms with Gasteiger partial charge in [0.2, 0.25) is 0 Å². The Labute approximate surface area is 172 Å². The topological polar surface area (TPSA) is 74.8 Å². The van der Waals surface area contributed by atoms with E-state index in [0.717, 1.165) is 21.8 Å². The number of hydrogen-bond donors (Lipinski definition) is 0. The molecular formula is C21H18ClN5O2. The number of aromatic nitrogens is 5. The van der Waals surface area contributed by atoms with Crippen LogP contribution in [0.4, 0.5) is 0 Å². The molecular weight excluding hydrogens is 390 g/mol. The lowest BCUT2D eigenvalue weighted by Crippen LogP contribution is -2.30. The Kier molecular flexibility index (Phi) is 5.67. The van der Waals surface area contributed by atoms with Crippen LogP contribution in [-0.4, -0.2) is 25.0 Å². The SMILES string of the molecule is O=c1c(CCc2cc(Cl)ccc2OCc2ccccc2)cccn1-n1ncnn1. The van der Waals surface area contributed by atoms with E-state index in [2.05, 4.69) is 15.4 Å². The number of hydrogen-bond acceptors (Lipinski definition) is 5. The van der Waals surface area contributed by atoms with E-state index in [-0.39, 0.29) is 5.56 Å². The lowest BCUT2D eigenvalue weighted by Gasteiger charge is -2.12. The minimum Gasteiger partial charge on any atom is -0.489 e. The number of aryl methyl sites for hydroxylation is 2. The number of tetrazole rings is 1. The standard InChI is InChI=1S/C21H18ClN5O2/c22-19-10-11-20(29-14-16-5-2-1-3-6-16)18(13-19)9-8-17-7-4-12-26(21(17)28)27-24-15-23-25-27/h1-7,10-13,15H,8-9,14H2. The molecule has 2 aromatic heterocycles. The van der Waals surface area contributed by atoms with Crippen molar-refractivity contribution in [3.05, 3.63) is 105 Å². The van der Waals surface area contributed by atoms with E-state index in [1.807, 2.05) is 42.5 Å². The molecule has 7 nitrogen and oxygen atoms in total. The number of ether oxygens (including phenoxy) is 1. The van der Waals surface area contributed by atoms with E-state index < -0.39 is 0 Å². The van der Waals surface area contributed by atoms with Gasteiger partial charge in [-0.15, -0.1) is 10.2 Å². The predicted molar refractivity (Wildman–Crippen MR) is 109 cm³/mol. The molecule has 8 heteroatoms. The summed E-state index contributed by atoms with van der Waals surface area (Å²) in [4.78, 5) is 13.9. The third-order valence-corrected chi connectivity index (χ3v) is 4.70. The normalized spacial score (nSPS) is 10.8. The molecule has 0 saturated heterocycles. The van der Waals surface area contributed by atoms with Gasteiger partial charge in [-0.05, 0) is 53.4 Å². The molecule has 2 heterocycles. The minimum atomic E-state index is -0.195. The largest absolute Gasteiger partial charge is 0.489 e. The molecule has 0 atom stereocenters. The van der Waals surface area contributed by atoms with Gasteiger partial charge < -0.3 is 4.74 Å². The maximum absolute atomic E-state index is 12.7. The second-order valence-electron chi connectivity index (χ2n) is 6.41. The van der Waals surface area contributed by atoms with Crippen LogP contribution in [0.3, 0.4) is 0 Å². The van der Waals surface area contributed by atoms with Crippen molar-refractivity contribution in [2.45, 2.75) is 19.4 Å². The molecule has 0 radical (unpaired) electrons. The van der Waals surface area contributed by atoms with E-state index in [1.165, 1.54) is 11.0 Å².